The molecule has 0 atom stereocenters. The van der Waals surface area contributed by atoms with Gasteiger partial charge in [-0.1, -0.05) is 58.3 Å². The number of ether oxygens (including phenoxy) is 1. The molecular weight excluding hydrogens is 446 g/mol. The summed E-state index contributed by atoms with van der Waals surface area (Å²) in [7, 11) is -9.42. The molecule has 0 aliphatic carbocycles. The topological polar surface area (TPSA) is 124 Å². The molecule has 8 nitrogen and oxygen atoms in total. The van der Waals surface area contributed by atoms with E-state index in [0.717, 1.165) is 19.3 Å². The molecule has 0 spiro atoms. The van der Waals surface area contributed by atoms with Crippen LogP contribution in [0.15, 0.2) is 0 Å². The van der Waals surface area contributed by atoms with Crippen LogP contribution in [0, 0.1) is 0 Å². The molecule has 0 aliphatic heterocycles. The zero-order valence-electron chi connectivity index (χ0n) is 17.5. The summed E-state index contributed by atoms with van der Waals surface area (Å²) < 4.78 is 87.4. The second kappa shape index (κ2) is 15.0. The van der Waals surface area contributed by atoms with Crippen molar-refractivity contribution in [3.63, 3.8) is 0 Å². The largest absolute Gasteiger partial charge is 0.465 e. The molecule has 0 radical (unpaired) electrons. The summed E-state index contributed by atoms with van der Waals surface area (Å²) in [6.45, 7) is 1.73. The van der Waals surface area contributed by atoms with E-state index in [2.05, 4.69) is 11.7 Å². The number of carbonyl (C=O) groups excluding carboxylic acids is 1. The van der Waals surface area contributed by atoms with Crippen molar-refractivity contribution in [3.8, 4) is 0 Å². The lowest BCUT2D eigenvalue weighted by Gasteiger charge is -2.11. The van der Waals surface area contributed by atoms with Gasteiger partial charge in [-0.05, 0) is 25.7 Å². The molecule has 0 aliphatic rings. The number of esters is 1. The van der Waals surface area contributed by atoms with Crippen LogP contribution in [-0.4, -0.2) is 51.6 Å². The number of unbranched alkanes of at least 4 members (excludes halogenated alkanes) is 10. The molecule has 0 rings (SSSR count). The van der Waals surface area contributed by atoms with Gasteiger partial charge in [0.15, 0.2) is 0 Å². The maximum absolute atomic E-state index is 12.9. The highest BCUT2D eigenvalue weighted by Gasteiger charge is 2.54. The average molecular weight is 481 g/mol. The molecule has 0 amide bonds. The zero-order chi connectivity index (χ0) is 23.1. The molecule has 12 heteroatoms. The lowest BCUT2D eigenvalue weighted by molar-refractivity contribution is -0.161. The highest BCUT2D eigenvalue weighted by molar-refractivity contribution is 7.87. The SMILES string of the molecule is CCCCCCCCCCS(=O)(=O)OCCCCCCOC(=O)C(F)(F)S(=O)(=O)O. The van der Waals surface area contributed by atoms with Crippen molar-refractivity contribution in [1.29, 1.82) is 0 Å². The third-order valence-electron chi connectivity index (χ3n) is 4.34. The van der Waals surface area contributed by atoms with Crippen LogP contribution in [0.4, 0.5) is 8.78 Å². The Morgan fingerprint density at radius 2 is 1.27 bits per heavy atom. The summed E-state index contributed by atoms with van der Waals surface area (Å²) in [6.07, 6.45) is 9.92. The van der Waals surface area contributed by atoms with Gasteiger partial charge in [0.1, 0.15) is 0 Å². The minimum Gasteiger partial charge on any atom is -0.460 e. The molecule has 0 aromatic carbocycles. The van der Waals surface area contributed by atoms with Gasteiger partial charge in [0, 0.05) is 0 Å². The van der Waals surface area contributed by atoms with Crippen molar-refractivity contribution >= 4 is 26.2 Å². The zero-order valence-corrected chi connectivity index (χ0v) is 19.1. The Morgan fingerprint density at radius 3 is 1.80 bits per heavy atom. The third-order valence-corrected chi connectivity index (χ3v) is 6.47. The smallest absolute Gasteiger partial charge is 0.460 e. The Labute approximate surface area is 178 Å². The van der Waals surface area contributed by atoms with Gasteiger partial charge >= 0.3 is 21.3 Å². The van der Waals surface area contributed by atoms with Crippen molar-refractivity contribution in [2.75, 3.05) is 19.0 Å². The van der Waals surface area contributed by atoms with Crippen molar-refractivity contribution in [3.05, 3.63) is 0 Å². The van der Waals surface area contributed by atoms with Gasteiger partial charge in [-0.2, -0.15) is 25.6 Å². The summed E-state index contributed by atoms with van der Waals surface area (Å²) in [6, 6.07) is 0. The summed E-state index contributed by atoms with van der Waals surface area (Å²) in [5, 5.41) is -5.00. The fraction of sp³-hybridized carbons (Fsp3) is 0.944. The number of hydrogen-bond donors (Lipinski definition) is 1. The van der Waals surface area contributed by atoms with Gasteiger partial charge in [0.05, 0.1) is 19.0 Å². The van der Waals surface area contributed by atoms with Crippen LogP contribution >= 0.6 is 0 Å². The molecule has 0 fully saturated rings. The normalized spacial score (nSPS) is 12.8. The first kappa shape index (κ1) is 29.1. The molecule has 0 heterocycles. The number of hydrogen-bond acceptors (Lipinski definition) is 7. The molecule has 0 saturated heterocycles. The van der Waals surface area contributed by atoms with Gasteiger partial charge in [0.2, 0.25) is 0 Å². The van der Waals surface area contributed by atoms with E-state index in [1.807, 2.05) is 0 Å². The molecule has 0 aromatic heterocycles. The predicted molar refractivity (Wildman–Crippen MR) is 108 cm³/mol. The quantitative estimate of drug-likeness (QED) is 0.127. The first-order valence-electron chi connectivity index (χ1n) is 10.3. The van der Waals surface area contributed by atoms with Crippen LogP contribution in [0.2, 0.25) is 0 Å². The summed E-state index contributed by atoms with van der Waals surface area (Å²) >= 11 is 0. The highest BCUT2D eigenvalue weighted by atomic mass is 32.2. The number of alkyl halides is 2. The maximum Gasteiger partial charge on any atom is 0.465 e. The second-order valence-electron chi connectivity index (χ2n) is 7.10. The van der Waals surface area contributed by atoms with Crippen molar-refractivity contribution in [2.45, 2.75) is 89.2 Å². The summed E-state index contributed by atoms with van der Waals surface area (Å²) in [5.74, 6) is -2.35. The monoisotopic (exact) mass is 480 g/mol. The van der Waals surface area contributed by atoms with E-state index in [1.165, 1.54) is 25.7 Å². The standard InChI is InChI=1S/C18H34F2O8S2/c1-2-3-4-5-6-7-10-13-16-29(22,23)28-15-12-9-8-11-14-27-17(21)18(19,20)30(24,25)26/h2-16H2,1H3,(H,24,25,26). The Bertz CT molecular complexity index is 678. The van der Waals surface area contributed by atoms with E-state index in [4.69, 9.17) is 8.74 Å². The van der Waals surface area contributed by atoms with Gasteiger partial charge in [0.25, 0.3) is 10.1 Å². The average Bonchev–Trinajstić information content (AvgIpc) is 2.64. The fourth-order valence-corrected chi connectivity index (χ4v) is 3.89. The summed E-state index contributed by atoms with van der Waals surface area (Å²) in [5.41, 5.74) is 0. The molecule has 1 N–H and O–H groups in total. The lowest BCUT2D eigenvalue weighted by Crippen LogP contribution is -2.39. The molecule has 0 bridgehead atoms. The van der Waals surface area contributed by atoms with E-state index in [0.29, 0.717) is 25.7 Å². The van der Waals surface area contributed by atoms with Gasteiger partial charge in [-0.25, -0.2) is 4.79 Å². The Morgan fingerprint density at radius 1 is 0.800 bits per heavy atom. The first-order chi connectivity index (χ1) is 13.9. The molecule has 0 unspecified atom stereocenters. The predicted octanol–water partition coefficient (Wildman–Crippen LogP) is 4.06. The Balaban J connectivity index is 3.70. The first-order valence-corrected chi connectivity index (χ1v) is 13.3. The molecule has 0 saturated carbocycles. The van der Waals surface area contributed by atoms with Gasteiger partial charge in [-0.3, -0.25) is 8.74 Å². The number of halogens is 2. The van der Waals surface area contributed by atoms with Crippen molar-refractivity contribution in [1.82, 2.24) is 0 Å². The summed E-state index contributed by atoms with van der Waals surface area (Å²) in [4.78, 5) is 10.9. The van der Waals surface area contributed by atoms with Crippen LogP contribution in [0.5, 0.6) is 0 Å². The van der Waals surface area contributed by atoms with Crippen molar-refractivity contribution < 1.29 is 43.9 Å². The number of carbonyl (C=O) groups is 1. The van der Waals surface area contributed by atoms with E-state index in [9.17, 15) is 30.4 Å². The van der Waals surface area contributed by atoms with E-state index < -0.39 is 38.1 Å². The Hall–Kier alpha value is -0.850. The minimum absolute atomic E-state index is 0.0139. The van der Waals surface area contributed by atoms with Crippen LogP contribution < -0.4 is 0 Å². The highest BCUT2D eigenvalue weighted by Crippen LogP contribution is 2.22. The molecular formula is C18H34F2O8S2. The van der Waals surface area contributed by atoms with Crippen LogP contribution in [0.25, 0.3) is 0 Å². The molecule has 0 aromatic rings. The molecule has 180 valence electrons. The third kappa shape index (κ3) is 13.5. The molecule has 30 heavy (non-hydrogen) atoms. The van der Waals surface area contributed by atoms with Crippen LogP contribution in [0.1, 0.15) is 84.0 Å². The maximum atomic E-state index is 12.9. The van der Waals surface area contributed by atoms with Gasteiger partial charge in [-0.15, -0.1) is 0 Å². The Kier molecular flexibility index (Phi) is 14.6. The van der Waals surface area contributed by atoms with Gasteiger partial charge < -0.3 is 4.74 Å². The van der Waals surface area contributed by atoms with Crippen molar-refractivity contribution in [2.24, 2.45) is 0 Å². The van der Waals surface area contributed by atoms with Crippen LogP contribution in [0.3, 0.4) is 0 Å². The van der Waals surface area contributed by atoms with Crippen LogP contribution in [-0.2, 0) is 34.0 Å². The minimum atomic E-state index is -5.87. The lowest BCUT2D eigenvalue weighted by atomic mass is 10.1. The van der Waals surface area contributed by atoms with E-state index in [1.54, 1.807) is 0 Å². The fourth-order valence-electron chi connectivity index (χ4n) is 2.57. The van der Waals surface area contributed by atoms with E-state index >= 15 is 0 Å². The second-order valence-corrected chi connectivity index (χ2v) is 10.3. The number of rotatable bonds is 19. The van der Waals surface area contributed by atoms with E-state index in [-0.39, 0.29) is 18.8 Å².